The van der Waals surface area contributed by atoms with Crippen molar-refractivity contribution in [3.63, 3.8) is 0 Å². The number of rotatable bonds is 1. The Kier molecular flexibility index (Phi) is 2.87. The van der Waals surface area contributed by atoms with Gasteiger partial charge in [-0.15, -0.1) is 0 Å². The van der Waals surface area contributed by atoms with Crippen molar-refractivity contribution in [2.24, 2.45) is 4.99 Å². The molecule has 0 saturated carbocycles. The number of aliphatic imine (C=N–C) groups is 1. The van der Waals surface area contributed by atoms with Crippen molar-refractivity contribution in [2.75, 3.05) is 0 Å². The van der Waals surface area contributed by atoms with Crippen LogP contribution in [0.4, 0.5) is 0 Å². The summed E-state index contributed by atoms with van der Waals surface area (Å²) >= 11 is 0. The Hall–Kier alpha value is -3.21. The molecule has 2 heterocycles. The van der Waals surface area contributed by atoms with E-state index < -0.39 is 11.9 Å². The van der Waals surface area contributed by atoms with Crippen molar-refractivity contribution in [1.29, 1.82) is 0 Å². The van der Waals surface area contributed by atoms with Crippen molar-refractivity contribution < 1.29 is 19.1 Å². The highest BCUT2D eigenvalue weighted by Gasteiger charge is 2.35. The lowest BCUT2D eigenvalue weighted by Crippen LogP contribution is -2.06. The predicted molar refractivity (Wildman–Crippen MR) is 82.6 cm³/mol. The van der Waals surface area contributed by atoms with Gasteiger partial charge in [-0.3, -0.25) is 0 Å². The van der Waals surface area contributed by atoms with E-state index in [0.29, 0.717) is 16.7 Å². The summed E-state index contributed by atoms with van der Waals surface area (Å²) in [6.07, 6.45) is 0. The fraction of sp³-hybridized carbons (Fsp3) is 0.0556. The van der Waals surface area contributed by atoms with Gasteiger partial charge in [0.15, 0.2) is 11.5 Å². The van der Waals surface area contributed by atoms with Crippen molar-refractivity contribution in [3.05, 3.63) is 76.5 Å². The molecule has 23 heavy (non-hydrogen) atoms. The molecule has 0 amide bonds. The van der Waals surface area contributed by atoms with Gasteiger partial charge in [0.25, 0.3) is 0 Å². The summed E-state index contributed by atoms with van der Waals surface area (Å²) in [6.45, 7) is 1.94. The number of aryl methyl sites for hydroxylation is 1. The third-order valence-corrected chi connectivity index (χ3v) is 3.66. The highest BCUT2D eigenvalue weighted by Crippen LogP contribution is 2.34. The topological polar surface area (TPSA) is 65.0 Å². The van der Waals surface area contributed by atoms with Crippen LogP contribution in [0.1, 0.15) is 27.0 Å². The van der Waals surface area contributed by atoms with E-state index in [1.165, 1.54) is 0 Å². The largest absolute Gasteiger partial charge is 0.420 e. The van der Waals surface area contributed by atoms with Crippen molar-refractivity contribution in [1.82, 2.24) is 0 Å². The molecule has 2 aromatic carbocycles. The first-order valence-electron chi connectivity index (χ1n) is 7.07. The number of benzene rings is 2. The molecule has 0 spiro atoms. The van der Waals surface area contributed by atoms with E-state index in [1.807, 2.05) is 25.1 Å². The fourth-order valence-electron chi connectivity index (χ4n) is 2.59. The lowest BCUT2D eigenvalue weighted by molar-refractivity contribution is -0.130. The van der Waals surface area contributed by atoms with Crippen LogP contribution in [0.5, 0.6) is 0 Å². The standard InChI is InChI=1S/C18H11NO4/c1-10-5-4-6-11(9-10)16-19-14(18(21)23-16)15-12-7-2-3-8-13(12)17(20)22-15/h2-9H,1H3/b15-14+. The van der Waals surface area contributed by atoms with Crippen molar-refractivity contribution in [2.45, 2.75) is 6.92 Å². The lowest BCUT2D eigenvalue weighted by Gasteiger charge is -2.00. The highest BCUT2D eigenvalue weighted by atomic mass is 16.6. The maximum absolute atomic E-state index is 12.2. The lowest BCUT2D eigenvalue weighted by atomic mass is 10.1. The van der Waals surface area contributed by atoms with Gasteiger partial charge in [-0.1, -0.05) is 35.9 Å². The average Bonchev–Trinajstić information content (AvgIpc) is 3.09. The van der Waals surface area contributed by atoms with Crippen LogP contribution >= 0.6 is 0 Å². The molecule has 2 aliphatic heterocycles. The third-order valence-electron chi connectivity index (χ3n) is 3.66. The molecule has 0 N–H and O–H groups in total. The van der Waals surface area contributed by atoms with Gasteiger partial charge in [0, 0.05) is 11.1 Å². The van der Waals surface area contributed by atoms with E-state index in [1.54, 1.807) is 30.3 Å². The molecule has 0 radical (unpaired) electrons. The average molecular weight is 305 g/mol. The Morgan fingerprint density at radius 1 is 0.870 bits per heavy atom. The smallest absolute Gasteiger partial charge is 0.367 e. The second kappa shape index (κ2) is 4.91. The number of cyclic esters (lactones) is 2. The zero-order valence-electron chi connectivity index (χ0n) is 12.2. The van der Waals surface area contributed by atoms with Crippen molar-refractivity contribution >= 4 is 23.6 Å². The molecule has 0 unspecified atom stereocenters. The van der Waals surface area contributed by atoms with E-state index in [0.717, 1.165) is 5.56 Å². The van der Waals surface area contributed by atoms with Gasteiger partial charge in [0.1, 0.15) is 0 Å². The monoisotopic (exact) mass is 305 g/mol. The zero-order chi connectivity index (χ0) is 16.0. The Bertz CT molecular complexity index is 924. The minimum Gasteiger partial charge on any atom is -0.420 e. The molecular formula is C18H11NO4. The summed E-state index contributed by atoms with van der Waals surface area (Å²) < 4.78 is 10.5. The molecule has 2 aromatic rings. The molecule has 112 valence electrons. The maximum Gasteiger partial charge on any atom is 0.367 e. The van der Waals surface area contributed by atoms with E-state index in [9.17, 15) is 9.59 Å². The van der Waals surface area contributed by atoms with Crippen LogP contribution in [-0.4, -0.2) is 17.8 Å². The van der Waals surface area contributed by atoms with Gasteiger partial charge in [-0.2, -0.15) is 0 Å². The summed E-state index contributed by atoms with van der Waals surface area (Å²) in [5.74, 6) is -0.754. The molecule has 4 rings (SSSR count). The first-order valence-corrected chi connectivity index (χ1v) is 7.07. The number of hydrogen-bond donors (Lipinski definition) is 0. The summed E-state index contributed by atoms with van der Waals surface area (Å²) in [5.41, 5.74) is 2.71. The Balaban J connectivity index is 1.84. The molecule has 0 aromatic heterocycles. The Morgan fingerprint density at radius 3 is 2.43 bits per heavy atom. The highest BCUT2D eigenvalue weighted by molar-refractivity contribution is 6.16. The Labute approximate surface area is 131 Å². The van der Waals surface area contributed by atoms with E-state index in [-0.39, 0.29) is 17.4 Å². The number of carbonyl (C=O) groups is 2. The molecule has 5 heteroatoms. The van der Waals surface area contributed by atoms with Crippen LogP contribution in [-0.2, 0) is 14.3 Å². The number of nitrogens with zero attached hydrogens (tertiary/aromatic N) is 1. The summed E-state index contributed by atoms with van der Waals surface area (Å²) in [6, 6.07) is 14.4. The van der Waals surface area contributed by atoms with E-state index in [4.69, 9.17) is 9.47 Å². The predicted octanol–water partition coefficient (Wildman–Crippen LogP) is 2.84. The minimum absolute atomic E-state index is 0.0137. The zero-order valence-corrected chi connectivity index (χ0v) is 12.2. The number of fused-ring (bicyclic) bond motifs is 1. The van der Waals surface area contributed by atoms with Gasteiger partial charge in [0.05, 0.1) is 5.56 Å². The van der Waals surface area contributed by atoms with Crippen LogP contribution in [0.2, 0.25) is 0 Å². The van der Waals surface area contributed by atoms with Crippen LogP contribution in [0.15, 0.2) is 59.2 Å². The van der Waals surface area contributed by atoms with E-state index >= 15 is 0 Å². The van der Waals surface area contributed by atoms with Gasteiger partial charge >= 0.3 is 11.9 Å². The summed E-state index contributed by atoms with van der Waals surface area (Å²) in [5, 5.41) is 0. The van der Waals surface area contributed by atoms with E-state index in [2.05, 4.69) is 4.99 Å². The summed E-state index contributed by atoms with van der Waals surface area (Å²) in [7, 11) is 0. The normalized spacial score (nSPS) is 19.3. The fourth-order valence-corrected chi connectivity index (χ4v) is 2.59. The van der Waals surface area contributed by atoms with Crippen LogP contribution in [0.3, 0.4) is 0 Å². The van der Waals surface area contributed by atoms with Gasteiger partial charge in [-0.25, -0.2) is 14.6 Å². The number of ether oxygens (including phenoxy) is 2. The molecular weight excluding hydrogens is 294 g/mol. The van der Waals surface area contributed by atoms with Crippen LogP contribution in [0, 0.1) is 6.92 Å². The molecule has 0 bridgehead atoms. The quantitative estimate of drug-likeness (QED) is 0.600. The first-order chi connectivity index (χ1) is 11.1. The van der Waals surface area contributed by atoms with Gasteiger partial charge in [-0.05, 0) is 25.1 Å². The molecule has 5 nitrogen and oxygen atoms in total. The van der Waals surface area contributed by atoms with Crippen LogP contribution in [0.25, 0.3) is 5.76 Å². The van der Waals surface area contributed by atoms with Crippen molar-refractivity contribution in [3.8, 4) is 0 Å². The number of carbonyl (C=O) groups excluding carboxylic acids is 2. The molecule has 0 fully saturated rings. The number of hydrogen-bond acceptors (Lipinski definition) is 5. The Morgan fingerprint density at radius 2 is 1.65 bits per heavy atom. The first kappa shape index (κ1) is 13.5. The maximum atomic E-state index is 12.2. The summed E-state index contributed by atoms with van der Waals surface area (Å²) in [4.78, 5) is 28.3. The van der Waals surface area contributed by atoms with Crippen LogP contribution < -0.4 is 0 Å². The molecule has 0 saturated heterocycles. The van der Waals surface area contributed by atoms with Gasteiger partial charge < -0.3 is 9.47 Å². The minimum atomic E-state index is -0.624. The SMILES string of the molecule is Cc1cccc(C2=N/C(=C3/OC(=O)c4ccccc43)C(=O)O2)c1. The second-order valence-corrected chi connectivity index (χ2v) is 5.29. The third kappa shape index (κ3) is 2.14. The second-order valence-electron chi connectivity index (χ2n) is 5.29. The van der Waals surface area contributed by atoms with Gasteiger partial charge in [0.2, 0.25) is 5.90 Å². The molecule has 0 atom stereocenters. The number of esters is 2. The molecule has 0 aliphatic carbocycles. The molecule has 2 aliphatic rings.